The second-order valence-corrected chi connectivity index (χ2v) is 5.54. The molecule has 108 valence electrons. The van der Waals surface area contributed by atoms with E-state index in [0.29, 0.717) is 6.61 Å². The number of benzene rings is 1. The van der Waals surface area contributed by atoms with Crippen molar-refractivity contribution in [2.45, 2.75) is 32.7 Å². The molecule has 0 saturated carbocycles. The van der Waals surface area contributed by atoms with Crippen molar-refractivity contribution in [1.82, 2.24) is 0 Å². The number of hydrogen-bond acceptors (Lipinski definition) is 4. The summed E-state index contributed by atoms with van der Waals surface area (Å²) < 4.78 is 11.6. The van der Waals surface area contributed by atoms with Crippen molar-refractivity contribution in [3.63, 3.8) is 0 Å². The maximum Gasteiger partial charge on any atom is 0.164 e. The van der Waals surface area contributed by atoms with Gasteiger partial charge in [-0.1, -0.05) is 12.1 Å². The molecule has 0 aliphatic carbocycles. The summed E-state index contributed by atoms with van der Waals surface area (Å²) in [5, 5.41) is 0. The first kappa shape index (κ1) is 16.2. The van der Waals surface area contributed by atoms with Crippen LogP contribution in [-0.4, -0.2) is 31.3 Å². The molecule has 19 heavy (non-hydrogen) atoms. The highest BCUT2D eigenvalue weighted by molar-refractivity contribution is 7.98. The van der Waals surface area contributed by atoms with Crippen LogP contribution in [-0.2, 0) is 6.42 Å². The van der Waals surface area contributed by atoms with E-state index in [1.165, 1.54) is 0 Å². The third-order valence-electron chi connectivity index (χ3n) is 2.64. The average Bonchev–Trinajstić information content (AvgIpc) is 2.37. The molecule has 0 fully saturated rings. The normalized spacial score (nSPS) is 12.2. The highest BCUT2D eigenvalue weighted by atomic mass is 32.2. The second-order valence-electron chi connectivity index (χ2n) is 4.55. The summed E-state index contributed by atoms with van der Waals surface area (Å²) in [5.74, 6) is 2.80. The van der Waals surface area contributed by atoms with Crippen LogP contribution in [0.5, 0.6) is 11.5 Å². The van der Waals surface area contributed by atoms with Crippen LogP contribution in [0.2, 0.25) is 0 Å². The topological polar surface area (TPSA) is 44.5 Å². The van der Waals surface area contributed by atoms with E-state index in [-0.39, 0.29) is 6.04 Å². The van der Waals surface area contributed by atoms with Crippen LogP contribution in [0.4, 0.5) is 0 Å². The summed E-state index contributed by atoms with van der Waals surface area (Å²) in [5.41, 5.74) is 7.02. The lowest BCUT2D eigenvalue weighted by atomic mass is 10.1. The molecular weight excluding hydrogens is 258 g/mol. The van der Waals surface area contributed by atoms with E-state index in [9.17, 15) is 0 Å². The summed E-state index contributed by atoms with van der Waals surface area (Å²) in [6.07, 6.45) is 3.95. The van der Waals surface area contributed by atoms with Crippen LogP contribution in [0.1, 0.15) is 25.8 Å². The number of rotatable bonds is 9. The molecule has 0 aliphatic rings. The van der Waals surface area contributed by atoms with Gasteiger partial charge in [-0.25, -0.2) is 0 Å². The van der Waals surface area contributed by atoms with Crippen molar-refractivity contribution in [2.24, 2.45) is 5.73 Å². The Morgan fingerprint density at radius 3 is 2.74 bits per heavy atom. The van der Waals surface area contributed by atoms with Gasteiger partial charge in [-0.05, 0) is 50.3 Å². The van der Waals surface area contributed by atoms with E-state index in [1.807, 2.05) is 37.7 Å². The third kappa shape index (κ3) is 5.74. The third-order valence-corrected chi connectivity index (χ3v) is 3.34. The number of ether oxygens (including phenoxy) is 2. The zero-order chi connectivity index (χ0) is 14.1. The second kappa shape index (κ2) is 9.10. The van der Waals surface area contributed by atoms with Crippen LogP contribution < -0.4 is 15.2 Å². The summed E-state index contributed by atoms with van der Waals surface area (Å²) in [6, 6.07) is 6.14. The summed E-state index contributed by atoms with van der Waals surface area (Å²) in [6.45, 7) is 5.35. The SMILES string of the molecule is CCOc1cccc(CC(C)N)c1OCCCSC. The van der Waals surface area contributed by atoms with E-state index < -0.39 is 0 Å². The van der Waals surface area contributed by atoms with Crippen molar-refractivity contribution in [3.05, 3.63) is 23.8 Å². The lowest BCUT2D eigenvalue weighted by molar-refractivity contribution is 0.274. The minimum atomic E-state index is 0.116. The van der Waals surface area contributed by atoms with Gasteiger partial charge in [-0.3, -0.25) is 0 Å². The van der Waals surface area contributed by atoms with Crippen molar-refractivity contribution < 1.29 is 9.47 Å². The molecule has 0 bridgehead atoms. The Kier molecular flexibility index (Phi) is 7.75. The Balaban J connectivity index is 2.80. The highest BCUT2D eigenvalue weighted by Gasteiger charge is 2.12. The lowest BCUT2D eigenvalue weighted by Crippen LogP contribution is -2.18. The zero-order valence-electron chi connectivity index (χ0n) is 12.1. The van der Waals surface area contributed by atoms with E-state index >= 15 is 0 Å². The average molecular weight is 283 g/mol. The molecular formula is C15H25NO2S. The number of nitrogens with two attached hydrogens (primary N) is 1. The molecule has 1 atom stereocenters. The van der Waals surface area contributed by atoms with Gasteiger partial charge < -0.3 is 15.2 Å². The maximum atomic E-state index is 5.93. The molecule has 0 spiro atoms. The lowest BCUT2D eigenvalue weighted by Gasteiger charge is -2.17. The fourth-order valence-electron chi connectivity index (χ4n) is 1.88. The number of para-hydroxylation sites is 1. The van der Waals surface area contributed by atoms with E-state index in [2.05, 4.69) is 12.3 Å². The monoisotopic (exact) mass is 283 g/mol. The molecule has 1 aromatic carbocycles. The molecule has 0 aliphatic heterocycles. The van der Waals surface area contributed by atoms with Gasteiger partial charge in [0.25, 0.3) is 0 Å². The van der Waals surface area contributed by atoms with Gasteiger partial charge in [0.05, 0.1) is 13.2 Å². The van der Waals surface area contributed by atoms with Crippen LogP contribution in [0.25, 0.3) is 0 Å². The molecule has 2 N–H and O–H groups in total. The molecule has 0 saturated heterocycles. The van der Waals surface area contributed by atoms with Gasteiger partial charge in [0.1, 0.15) is 0 Å². The Morgan fingerprint density at radius 2 is 2.11 bits per heavy atom. The van der Waals surface area contributed by atoms with E-state index in [0.717, 1.165) is 42.3 Å². The minimum Gasteiger partial charge on any atom is -0.490 e. The maximum absolute atomic E-state index is 5.93. The molecule has 0 heterocycles. The smallest absolute Gasteiger partial charge is 0.164 e. The van der Waals surface area contributed by atoms with Gasteiger partial charge in [0.2, 0.25) is 0 Å². The van der Waals surface area contributed by atoms with Gasteiger partial charge in [-0.2, -0.15) is 11.8 Å². The van der Waals surface area contributed by atoms with E-state index in [1.54, 1.807) is 0 Å². The van der Waals surface area contributed by atoms with Crippen molar-refractivity contribution in [3.8, 4) is 11.5 Å². The van der Waals surface area contributed by atoms with E-state index in [4.69, 9.17) is 15.2 Å². The van der Waals surface area contributed by atoms with Gasteiger partial charge in [-0.15, -0.1) is 0 Å². The Hall–Kier alpha value is -0.870. The summed E-state index contributed by atoms with van der Waals surface area (Å²) in [7, 11) is 0. The van der Waals surface area contributed by atoms with Gasteiger partial charge in [0.15, 0.2) is 11.5 Å². The minimum absolute atomic E-state index is 0.116. The van der Waals surface area contributed by atoms with Crippen LogP contribution >= 0.6 is 11.8 Å². The van der Waals surface area contributed by atoms with Crippen LogP contribution in [0, 0.1) is 0 Å². The van der Waals surface area contributed by atoms with Crippen molar-refractivity contribution in [1.29, 1.82) is 0 Å². The molecule has 0 amide bonds. The molecule has 1 aromatic rings. The largest absolute Gasteiger partial charge is 0.490 e. The predicted molar refractivity (Wildman–Crippen MR) is 83.5 cm³/mol. The van der Waals surface area contributed by atoms with Crippen LogP contribution in [0.15, 0.2) is 18.2 Å². The first-order valence-electron chi connectivity index (χ1n) is 6.81. The Morgan fingerprint density at radius 1 is 1.32 bits per heavy atom. The first-order valence-corrected chi connectivity index (χ1v) is 8.20. The summed E-state index contributed by atoms with van der Waals surface area (Å²) >= 11 is 1.83. The summed E-state index contributed by atoms with van der Waals surface area (Å²) in [4.78, 5) is 0. The molecule has 3 nitrogen and oxygen atoms in total. The molecule has 4 heteroatoms. The van der Waals surface area contributed by atoms with Gasteiger partial charge >= 0.3 is 0 Å². The Bertz CT molecular complexity index is 369. The fraction of sp³-hybridized carbons (Fsp3) is 0.600. The quantitative estimate of drug-likeness (QED) is 0.707. The molecule has 0 aromatic heterocycles. The van der Waals surface area contributed by atoms with Crippen molar-refractivity contribution >= 4 is 11.8 Å². The van der Waals surface area contributed by atoms with Gasteiger partial charge in [0, 0.05) is 6.04 Å². The first-order chi connectivity index (χ1) is 9.19. The number of thioether (sulfide) groups is 1. The van der Waals surface area contributed by atoms with Crippen LogP contribution in [0.3, 0.4) is 0 Å². The fourth-order valence-corrected chi connectivity index (χ4v) is 2.29. The molecule has 1 rings (SSSR count). The zero-order valence-corrected chi connectivity index (χ0v) is 13.0. The predicted octanol–water partition coefficient (Wildman–Crippen LogP) is 3.11. The molecule has 1 unspecified atom stereocenters. The highest BCUT2D eigenvalue weighted by Crippen LogP contribution is 2.32. The number of hydrogen-bond donors (Lipinski definition) is 1. The standard InChI is InChI=1S/C15H25NO2S/c1-4-17-14-8-5-7-13(11-12(2)16)15(14)18-9-6-10-19-3/h5,7-8,12H,4,6,9-11,16H2,1-3H3. The van der Waals surface area contributed by atoms with Crippen molar-refractivity contribution in [2.75, 3.05) is 25.2 Å². The molecule has 0 radical (unpaired) electrons. The Labute approximate surface area is 120 Å².